The summed E-state index contributed by atoms with van der Waals surface area (Å²) < 4.78 is 0. The molecule has 0 aliphatic carbocycles. The molecule has 2 aromatic heterocycles. The molecule has 0 fully saturated rings. The molecule has 0 atom stereocenters. The fraction of sp³-hybridized carbons (Fsp3) is 0. The number of nitrogens with zero attached hydrogens (tertiary/aromatic N) is 2. The fourth-order valence-corrected chi connectivity index (χ4v) is 1.33. The molecule has 0 spiro atoms. The molecular formula is C8H5N2S. The van der Waals surface area contributed by atoms with Crippen molar-refractivity contribution >= 4 is 11.3 Å². The van der Waals surface area contributed by atoms with Gasteiger partial charge in [0.15, 0.2) is 0 Å². The lowest BCUT2D eigenvalue weighted by atomic mass is 10.3. The van der Waals surface area contributed by atoms with Gasteiger partial charge in [0.05, 0.1) is 11.2 Å². The molecule has 2 nitrogen and oxygen atoms in total. The van der Waals surface area contributed by atoms with Crippen molar-refractivity contribution in [3.63, 3.8) is 0 Å². The highest BCUT2D eigenvalue weighted by Gasteiger charge is 1.97. The molecule has 0 unspecified atom stereocenters. The highest BCUT2D eigenvalue weighted by Crippen LogP contribution is 2.14. The zero-order valence-electron chi connectivity index (χ0n) is 5.69. The third-order valence-corrected chi connectivity index (χ3v) is 1.87. The van der Waals surface area contributed by atoms with Crippen LogP contribution in [-0.2, 0) is 0 Å². The summed E-state index contributed by atoms with van der Waals surface area (Å²) in [6.07, 6.45) is 1.74. The van der Waals surface area contributed by atoms with Gasteiger partial charge in [-0.2, -0.15) is 0 Å². The van der Waals surface area contributed by atoms with Gasteiger partial charge in [0.2, 0.25) is 0 Å². The third kappa shape index (κ3) is 1.28. The Morgan fingerprint density at radius 1 is 1.36 bits per heavy atom. The fourth-order valence-electron chi connectivity index (χ4n) is 0.794. The van der Waals surface area contributed by atoms with Crippen LogP contribution in [0.1, 0.15) is 0 Å². The largest absolute Gasteiger partial charge is 0.254 e. The van der Waals surface area contributed by atoms with Crippen LogP contribution in [0, 0.1) is 6.07 Å². The standard InChI is InChI=1S/C8H5N2S/c1-2-4-9-7(3-1)8-5-11-6-10-8/h1-2,4-6H. The molecule has 0 saturated heterocycles. The van der Waals surface area contributed by atoms with Crippen LogP contribution in [0.2, 0.25) is 0 Å². The molecule has 2 heterocycles. The average Bonchev–Trinajstić information content (AvgIpc) is 2.58. The van der Waals surface area contributed by atoms with Gasteiger partial charge in [-0.3, -0.25) is 4.98 Å². The number of aromatic nitrogens is 2. The molecule has 53 valence electrons. The average molecular weight is 161 g/mol. The highest BCUT2D eigenvalue weighted by atomic mass is 32.1. The summed E-state index contributed by atoms with van der Waals surface area (Å²) in [4.78, 5) is 8.22. The van der Waals surface area contributed by atoms with E-state index in [1.54, 1.807) is 23.0 Å². The minimum atomic E-state index is 0.814. The molecule has 0 aliphatic rings. The topological polar surface area (TPSA) is 25.8 Å². The van der Waals surface area contributed by atoms with Crippen molar-refractivity contribution in [2.24, 2.45) is 0 Å². The van der Waals surface area contributed by atoms with Gasteiger partial charge < -0.3 is 0 Å². The monoisotopic (exact) mass is 161 g/mol. The molecule has 0 saturated carbocycles. The van der Waals surface area contributed by atoms with Crippen molar-refractivity contribution in [1.29, 1.82) is 0 Å². The van der Waals surface area contributed by atoms with Crippen molar-refractivity contribution < 1.29 is 0 Å². The molecule has 0 N–H and O–H groups in total. The van der Waals surface area contributed by atoms with Gasteiger partial charge in [-0.15, -0.1) is 11.3 Å². The van der Waals surface area contributed by atoms with Crippen LogP contribution in [0.5, 0.6) is 0 Å². The first kappa shape index (κ1) is 6.49. The van der Waals surface area contributed by atoms with Crippen LogP contribution < -0.4 is 0 Å². The maximum Gasteiger partial charge on any atom is 0.100 e. The van der Waals surface area contributed by atoms with E-state index in [1.807, 2.05) is 17.5 Å². The van der Waals surface area contributed by atoms with Gasteiger partial charge >= 0.3 is 0 Å². The normalized spacial score (nSPS) is 9.82. The van der Waals surface area contributed by atoms with E-state index < -0.39 is 0 Å². The molecule has 2 rings (SSSR count). The predicted octanol–water partition coefficient (Wildman–Crippen LogP) is 2.01. The van der Waals surface area contributed by atoms with E-state index in [1.165, 1.54) is 0 Å². The molecule has 11 heavy (non-hydrogen) atoms. The molecule has 2 aromatic rings. The summed E-state index contributed by atoms with van der Waals surface area (Å²) in [5, 5.41) is 1.96. The summed E-state index contributed by atoms with van der Waals surface area (Å²) in [5.74, 6) is 0. The van der Waals surface area contributed by atoms with Crippen LogP contribution in [0.15, 0.2) is 29.2 Å². The Balaban J connectivity index is 2.46. The maximum absolute atomic E-state index is 4.11. The van der Waals surface area contributed by atoms with Crippen molar-refractivity contribution in [3.05, 3.63) is 35.3 Å². The Labute approximate surface area is 68.6 Å². The quantitative estimate of drug-likeness (QED) is 0.639. The summed E-state index contributed by atoms with van der Waals surface area (Å²) in [6, 6.07) is 6.68. The Bertz CT molecular complexity index is 315. The number of rotatable bonds is 1. The van der Waals surface area contributed by atoms with E-state index in [9.17, 15) is 0 Å². The van der Waals surface area contributed by atoms with Crippen LogP contribution >= 0.6 is 11.3 Å². The van der Waals surface area contributed by atoms with Crippen LogP contribution in [0.25, 0.3) is 11.4 Å². The van der Waals surface area contributed by atoms with E-state index in [0.717, 1.165) is 11.4 Å². The Morgan fingerprint density at radius 2 is 2.36 bits per heavy atom. The lowest BCUT2D eigenvalue weighted by molar-refractivity contribution is 1.28. The lowest BCUT2D eigenvalue weighted by Gasteiger charge is -1.90. The van der Waals surface area contributed by atoms with Crippen LogP contribution in [0.4, 0.5) is 0 Å². The van der Waals surface area contributed by atoms with Gasteiger partial charge in [-0.1, -0.05) is 6.07 Å². The van der Waals surface area contributed by atoms with Gasteiger partial charge in [0, 0.05) is 17.6 Å². The van der Waals surface area contributed by atoms with Crippen LogP contribution in [0.3, 0.4) is 0 Å². The van der Waals surface area contributed by atoms with Crippen molar-refractivity contribution in [1.82, 2.24) is 9.97 Å². The van der Waals surface area contributed by atoms with Crippen molar-refractivity contribution in [2.45, 2.75) is 0 Å². The van der Waals surface area contributed by atoms with Crippen molar-refractivity contribution in [3.8, 4) is 11.4 Å². The number of thiazole rings is 1. The molecule has 0 bridgehead atoms. The summed E-state index contributed by atoms with van der Waals surface area (Å²) in [5.41, 5.74) is 3.50. The van der Waals surface area contributed by atoms with Crippen LogP contribution in [-0.4, -0.2) is 9.97 Å². The Kier molecular flexibility index (Phi) is 1.65. The van der Waals surface area contributed by atoms with E-state index in [2.05, 4.69) is 16.0 Å². The summed E-state index contributed by atoms with van der Waals surface area (Å²) in [7, 11) is 0. The predicted molar refractivity (Wildman–Crippen MR) is 44.2 cm³/mol. The zero-order valence-corrected chi connectivity index (χ0v) is 6.51. The van der Waals surface area contributed by atoms with Gasteiger partial charge in [0.25, 0.3) is 0 Å². The first-order valence-corrected chi connectivity index (χ1v) is 4.12. The maximum atomic E-state index is 4.11. The van der Waals surface area contributed by atoms with Gasteiger partial charge in [-0.05, 0) is 6.07 Å². The highest BCUT2D eigenvalue weighted by molar-refractivity contribution is 7.07. The minimum Gasteiger partial charge on any atom is -0.254 e. The summed E-state index contributed by atoms with van der Waals surface area (Å²) >= 11 is 1.56. The molecule has 1 radical (unpaired) electrons. The lowest BCUT2D eigenvalue weighted by Crippen LogP contribution is -1.80. The second-order valence-electron chi connectivity index (χ2n) is 2.00. The van der Waals surface area contributed by atoms with E-state index in [4.69, 9.17) is 0 Å². The zero-order chi connectivity index (χ0) is 7.52. The molecule has 0 aliphatic heterocycles. The Hall–Kier alpha value is -1.22. The molecule has 3 heteroatoms. The Morgan fingerprint density at radius 3 is 3.00 bits per heavy atom. The number of hydrogen-bond donors (Lipinski definition) is 0. The van der Waals surface area contributed by atoms with E-state index in [0.29, 0.717) is 0 Å². The molecule has 0 amide bonds. The number of hydrogen-bond acceptors (Lipinski definition) is 3. The smallest absolute Gasteiger partial charge is 0.100 e. The van der Waals surface area contributed by atoms with Gasteiger partial charge in [-0.25, -0.2) is 4.98 Å². The third-order valence-electron chi connectivity index (χ3n) is 1.28. The number of pyridine rings is 1. The first-order chi connectivity index (χ1) is 5.47. The van der Waals surface area contributed by atoms with Crippen molar-refractivity contribution in [2.75, 3.05) is 0 Å². The molecule has 0 aromatic carbocycles. The second kappa shape index (κ2) is 2.80. The minimum absolute atomic E-state index is 0.814. The first-order valence-electron chi connectivity index (χ1n) is 3.18. The van der Waals surface area contributed by atoms with E-state index in [-0.39, 0.29) is 0 Å². The SMILES string of the molecule is [c]1cccnc1-c1cscn1. The molecular weight excluding hydrogens is 156 g/mol. The van der Waals surface area contributed by atoms with E-state index >= 15 is 0 Å². The van der Waals surface area contributed by atoms with Gasteiger partial charge in [0.1, 0.15) is 5.69 Å². The summed E-state index contributed by atoms with van der Waals surface area (Å²) in [6.45, 7) is 0. The second-order valence-corrected chi connectivity index (χ2v) is 2.72.